The number of halogens is 2. The van der Waals surface area contributed by atoms with Crippen LogP contribution in [-0.4, -0.2) is 29.8 Å². The first kappa shape index (κ1) is 27.1. The molecule has 0 saturated heterocycles. The highest BCUT2D eigenvalue weighted by molar-refractivity contribution is 14.1. The van der Waals surface area contributed by atoms with Crippen LogP contribution in [0.25, 0.3) is 6.08 Å². The van der Waals surface area contributed by atoms with Crippen molar-refractivity contribution in [1.82, 2.24) is 0 Å². The summed E-state index contributed by atoms with van der Waals surface area (Å²) in [5.41, 5.74) is 2.33. The van der Waals surface area contributed by atoms with E-state index in [0.29, 0.717) is 32.2 Å². The van der Waals surface area contributed by atoms with Crippen molar-refractivity contribution < 1.29 is 24.1 Å². The smallest absolute Gasteiger partial charge is 0.344 e. The molecule has 0 aromatic heterocycles. The molecule has 6 nitrogen and oxygen atoms in total. The average Bonchev–Trinajstić information content (AvgIpc) is 3.18. The number of hydrogen-bond acceptors (Lipinski definition) is 7. The van der Waals surface area contributed by atoms with Crippen LogP contribution in [-0.2, 0) is 16.1 Å². The van der Waals surface area contributed by atoms with Crippen LogP contribution in [0.3, 0.4) is 0 Å². The Hall–Kier alpha value is -2.95. The van der Waals surface area contributed by atoms with Gasteiger partial charge in [0.05, 0.1) is 27.9 Å². The summed E-state index contributed by atoms with van der Waals surface area (Å²) in [4.78, 5) is 17.7. The molecule has 37 heavy (non-hydrogen) atoms. The third-order valence-electron chi connectivity index (χ3n) is 5.24. The molecule has 0 saturated carbocycles. The Kier molecular flexibility index (Phi) is 9.18. The molecule has 0 aliphatic carbocycles. The molecular weight excluding hydrogens is 625 g/mol. The van der Waals surface area contributed by atoms with E-state index in [1.165, 1.54) is 11.8 Å². The summed E-state index contributed by atoms with van der Waals surface area (Å²) in [7, 11) is 1.57. The van der Waals surface area contributed by atoms with Gasteiger partial charge in [-0.05, 0) is 71.5 Å². The highest BCUT2D eigenvalue weighted by Gasteiger charge is 2.33. The summed E-state index contributed by atoms with van der Waals surface area (Å²) in [6.07, 6.45) is 1.77. The van der Waals surface area contributed by atoms with Gasteiger partial charge < -0.3 is 19.3 Å². The Labute approximate surface area is 238 Å². The van der Waals surface area contributed by atoms with E-state index in [2.05, 4.69) is 27.6 Å². The highest BCUT2D eigenvalue weighted by Crippen LogP contribution is 2.42. The van der Waals surface area contributed by atoms with Gasteiger partial charge in [-0.3, -0.25) is 0 Å². The van der Waals surface area contributed by atoms with Crippen molar-refractivity contribution in [2.75, 3.05) is 13.7 Å². The van der Waals surface area contributed by atoms with Gasteiger partial charge in [-0.2, -0.15) is 0 Å². The van der Waals surface area contributed by atoms with E-state index >= 15 is 0 Å². The van der Waals surface area contributed by atoms with E-state index in [0.717, 1.165) is 14.7 Å². The van der Waals surface area contributed by atoms with Crippen molar-refractivity contribution in [3.63, 3.8) is 0 Å². The molecule has 0 atom stereocenters. The van der Waals surface area contributed by atoms with Crippen LogP contribution in [0.1, 0.15) is 18.1 Å². The number of carbonyl (C=O) groups is 1. The number of carbonyl (C=O) groups excluding carboxylic acids is 1. The van der Waals surface area contributed by atoms with Crippen LogP contribution < -0.4 is 9.47 Å². The van der Waals surface area contributed by atoms with E-state index in [-0.39, 0.29) is 24.5 Å². The predicted octanol–water partition coefficient (Wildman–Crippen LogP) is 7.73. The van der Waals surface area contributed by atoms with E-state index in [9.17, 15) is 9.90 Å². The molecule has 1 N–H and O–H groups in total. The monoisotopic (exact) mass is 647 g/mol. The summed E-state index contributed by atoms with van der Waals surface area (Å²) >= 11 is 9.64. The number of thioether (sulfide) groups is 1. The lowest BCUT2D eigenvalue weighted by atomic mass is 10.1. The molecule has 0 bridgehead atoms. The van der Waals surface area contributed by atoms with Crippen LogP contribution in [0.5, 0.6) is 11.5 Å². The lowest BCUT2D eigenvalue weighted by molar-refractivity contribution is -0.138. The largest absolute Gasteiger partial charge is 0.506 e. The van der Waals surface area contributed by atoms with Gasteiger partial charge in [-0.15, -0.1) is 0 Å². The minimum Gasteiger partial charge on any atom is -0.506 e. The predicted molar refractivity (Wildman–Crippen MR) is 157 cm³/mol. The number of hydrogen-bond donors (Lipinski definition) is 1. The van der Waals surface area contributed by atoms with Crippen molar-refractivity contribution in [3.05, 3.63) is 103 Å². The zero-order chi connectivity index (χ0) is 26.4. The fourth-order valence-electron chi connectivity index (χ4n) is 3.49. The summed E-state index contributed by atoms with van der Waals surface area (Å²) in [6.45, 7) is 2.18. The van der Waals surface area contributed by atoms with Gasteiger partial charge in [0, 0.05) is 10.6 Å². The third-order valence-corrected chi connectivity index (χ3v) is 7.43. The van der Waals surface area contributed by atoms with E-state index in [1.807, 2.05) is 60.7 Å². The molecule has 0 unspecified atom stereocenters. The Bertz CT molecular complexity index is 1400. The molecule has 0 spiro atoms. The van der Waals surface area contributed by atoms with Crippen molar-refractivity contribution in [2.24, 2.45) is 4.99 Å². The number of benzene rings is 3. The minimum absolute atomic E-state index is 0.0447. The maximum Gasteiger partial charge on any atom is 0.344 e. The van der Waals surface area contributed by atoms with Crippen LogP contribution in [0.4, 0.5) is 5.69 Å². The summed E-state index contributed by atoms with van der Waals surface area (Å²) in [5, 5.41) is 12.0. The Morgan fingerprint density at radius 3 is 2.57 bits per heavy atom. The van der Waals surface area contributed by atoms with Crippen LogP contribution in [0, 0.1) is 3.57 Å². The standard InChI is InChI=1S/C28H23ClINO5S/c1-3-35-28(33)24-25(32)23(37-27(24)31-19-10-5-4-6-11-19)15-17-13-21(30)26(22(14-17)34-2)36-16-18-9-7-8-12-20(18)29/h4-15,32H,3,16H2,1-2H3/b23-15-,31-27?. The molecule has 1 aliphatic rings. The summed E-state index contributed by atoms with van der Waals surface area (Å²) in [6, 6.07) is 20.4. The second-order valence-corrected chi connectivity index (χ2v) is 10.3. The maximum atomic E-state index is 12.7. The van der Waals surface area contributed by atoms with Gasteiger partial charge in [0.25, 0.3) is 0 Å². The molecular formula is C28H23ClINO5S. The maximum absolute atomic E-state index is 12.7. The molecule has 9 heteroatoms. The number of aliphatic imine (C=N–C) groups is 1. The van der Waals surface area contributed by atoms with Crippen LogP contribution >= 0.6 is 46.0 Å². The molecule has 190 valence electrons. The van der Waals surface area contributed by atoms with E-state index in [4.69, 9.17) is 25.8 Å². The SMILES string of the molecule is CCOC(=O)C1=C(O)/C(=C/c2cc(I)c(OCc3ccccc3Cl)c(OC)c2)SC1=Nc1ccccc1. The van der Waals surface area contributed by atoms with Gasteiger partial charge in [0.15, 0.2) is 11.5 Å². The van der Waals surface area contributed by atoms with Crippen molar-refractivity contribution in [3.8, 4) is 11.5 Å². The molecule has 0 radical (unpaired) electrons. The first-order valence-electron chi connectivity index (χ1n) is 11.3. The first-order valence-corrected chi connectivity index (χ1v) is 13.6. The Balaban J connectivity index is 1.67. The normalized spacial score (nSPS) is 15.4. The number of aliphatic hydroxyl groups excluding tert-OH is 1. The second kappa shape index (κ2) is 12.5. The van der Waals surface area contributed by atoms with Gasteiger partial charge >= 0.3 is 5.97 Å². The zero-order valence-electron chi connectivity index (χ0n) is 20.0. The van der Waals surface area contributed by atoms with Gasteiger partial charge in [0.2, 0.25) is 0 Å². The number of para-hydroxylation sites is 1. The molecule has 4 rings (SSSR count). The van der Waals surface area contributed by atoms with Crippen molar-refractivity contribution in [1.29, 1.82) is 0 Å². The van der Waals surface area contributed by atoms with Gasteiger partial charge in [0.1, 0.15) is 23.0 Å². The molecule has 1 heterocycles. The van der Waals surface area contributed by atoms with Crippen molar-refractivity contribution in [2.45, 2.75) is 13.5 Å². The Morgan fingerprint density at radius 1 is 1.14 bits per heavy atom. The quantitative estimate of drug-likeness (QED) is 0.199. The van der Waals surface area contributed by atoms with E-state index < -0.39 is 5.97 Å². The second-order valence-electron chi connectivity index (χ2n) is 7.72. The molecule has 3 aromatic carbocycles. The summed E-state index contributed by atoms with van der Waals surface area (Å²) < 4.78 is 17.6. The molecule has 0 amide bonds. The number of nitrogens with zero attached hydrogens (tertiary/aromatic N) is 1. The fraction of sp³-hybridized carbons (Fsp3) is 0.143. The minimum atomic E-state index is -0.624. The van der Waals surface area contributed by atoms with Crippen LogP contribution in [0.2, 0.25) is 5.02 Å². The van der Waals surface area contributed by atoms with Gasteiger partial charge in [-0.1, -0.05) is 59.8 Å². The zero-order valence-corrected chi connectivity index (χ0v) is 23.8. The van der Waals surface area contributed by atoms with E-state index in [1.54, 1.807) is 26.2 Å². The fourth-order valence-corrected chi connectivity index (χ4v) is 5.50. The number of ether oxygens (including phenoxy) is 3. The number of rotatable bonds is 8. The highest BCUT2D eigenvalue weighted by atomic mass is 127. The van der Waals surface area contributed by atoms with Gasteiger partial charge in [-0.25, -0.2) is 9.79 Å². The lowest BCUT2D eigenvalue weighted by Gasteiger charge is -2.14. The molecule has 1 aliphatic heterocycles. The molecule has 3 aromatic rings. The first-order chi connectivity index (χ1) is 17.9. The average molecular weight is 648 g/mol. The van der Waals surface area contributed by atoms with Crippen LogP contribution in [0.15, 0.2) is 88.0 Å². The number of methoxy groups -OCH3 is 1. The molecule has 0 fully saturated rings. The lowest BCUT2D eigenvalue weighted by Crippen LogP contribution is -2.12. The number of aliphatic hydroxyl groups is 1. The third kappa shape index (κ3) is 6.49. The van der Waals surface area contributed by atoms with Crippen molar-refractivity contribution >= 4 is 68.7 Å². The topological polar surface area (TPSA) is 77.4 Å². The Morgan fingerprint density at radius 2 is 1.86 bits per heavy atom. The summed E-state index contributed by atoms with van der Waals surface area (Å²) in [5.74, 6) is 0.316. The number of esters is 1.